The molecule has 0 radical (unpaired) electrons. The van der Waals surface area contributed by atoms with Gasteiger partial charge in [0.15, 0.2) is 0 Å². The molecule has 25 heavy (non-hydrogen) atoms. The average Bonchev–Trinajstić information content (AvgIpc) is 2.97. The third-order valence-corrected chi connectivity index (χ3v) is 8.54. The van der Waals surface area contributed by atoms with Crippen molar-refractivity contribution in [2.75, 3.05) is 13.7 Å². The van der Waals surface area contributed by atoms with E-state index in [-0.39, 0.29) is 11.3 Å². The summed E-state index contributed by atoms with van der Waals surface area (Å²) >= 11 is 0. The topological polar surface area (TPSA) is 40.5 Å². The van der Waals surface area contributed by atoms with Crippen molar-refractivity contribution in [3.63, 3.8) is 0 Å². The van der Waals surface area contributed by atoms with Crippen molar-refractivity contribution < 1.29 is 9.90 Å². The Bertz CT molecular complexity index is 582. The second-order valence-corrected chi connectivity index (χ2v) is 9.12. The van der Waals surface area contributed by atoms with Gasteiger partial charge in [0, 0.05) is 25.1 Å². The molecular formula is C22H33NO2. The van der Waals surface area contributed by atoms with Crippen molar-refractivity contribution in [3.8, 4) is 12.8 Å². The largest absolute Gasteiger partial charge is 0.396 e. The van der Waals surface area contributed by atoms with Gasteiger partial charge >= 0.3 is 0 Å². The minimum Gasteiger partial charge on any atom is -0.396 e. The Morgan fingerprint density at radius 2 is 1.88 bits per heavy atom. The number of fused-ring (bicyclic) bond motifs is 5. The summed E-state index contributed by atoms with van der Waals surface area (Å²) in [5, 5.41) is 9.81. The summed E-state index contributed by atoms with van der Waals surface area (Å²) in [6.45, 7) is 5.21. The summed E-state index contributed by atoms with van der Waals surface area (Å²) in [5.41, 5.74) is 0.490. The fraction of sp³-hybridized carbons (Fsp3) is 0.773. The number of rotatable bonds is 1. The zero-order chi connectivity index (χ0) is 18.4. The quantitative estimate of drug-likeness (QED) is 0.741. The minimum absolute atomic E-state index is 0.143. The number of aliphatic hydroxyl groups is 1. The molecule has 4 rings (SSSR count). The van der Waals surface area contributed by atoms with Crippen LogP contribution in [0.1, 0.15) is 52.4 Å². The van der Waals surface area contributed by atoms with Crippen LogP contribution in [-0.4, -0.2) is 35.6 Å². The van der Waals surface area contributed by atoms with Gasteiger partial charge in [-0.2, -0.15) is 0 Å². The standard InChI is InChI=1S/C20H31NO2.C2H2/c1-19-10-8-16-14(15(19)6-4-13(19)12-22)5-7-17-20(16,2)11-9-18(23)21(17)3;1-2/h9,11,13-17,22H,4-8,10,12H2,1-3H3;1-2H/t13?,14?,15?,16?,17?,19-,20-;/m1./s1. The lowest BCUT2D eigenvalue weighted by Gasteiger charge is -2.60. The van der Waals surface area contributed by atoms with Gasteiger partial charge in [-0.3, -0.25) is 4.79 Å². The fourth-order valence-electron chi connectivity index (χ4n) is 7.15. The van der Waals surface area contributed by atoms with E-state index in [9.17, 15) is 9.90 Å². The molecule has 0 aromatic carbocycles. The van der Waals surface area contributed by atoms with Gasteiger partial charge in [0.1, 0.15) is 0 Å². The van der Waals surface area contributed by atoms with E-state index in [0.717, 1.165) is 18.3 Å². The van der Waals surface area contributed by atoms with Crippen LogP contribution in [0.25, 0.3) is 0 Å². The molecule has 1 aliphatic heterocycles. The van der Waals surface area contributed by atoms with E-state index in [0.29, 0.717) is 29.9 Å². The number of carbonyl (C=O) groups excluding carboxylic acids is 1. The highest BCUT2D eigenvalue weighted by Crippen LogP contribution is 2.65. The number of hydrogen-bond acceptors (Lipinski definition) is 2. The zero-order valence-corrected chi connectivity index (χ0v) is 15.9. The van der Waals surface area contributed by atoms with Crippen LogP contribution >= 0.6 is 0 Å². The van der Waals surface area contributed by atoms with Crippen LogP contribution in [-0.2, 0) is 4.79 Å². The maximum absolute atomic E-state index is 12.1. The Kier molecular flexibility index (Phi) is 4.79. The summed E-state index contributed by atoms with van der Waals surface area (Å²) in [5.74, 6) is 2.92. The number of aliphatic hydroxyl groups excluding tert-OH is 1. The first kappa shape index (κ1) is 18.5. The molecule has 0 aromatic heterocycles. The molecule has 4 aliphatic rings. The first-order valence-corrected chi connectivity index (χ1v) is 9.82. The molecule has 0 spiro atoms. The van der Waals surface area contributed by atoms with Gasteiger partial charge in [0.05, 0.1) is 0 Å². The molecule has 1 amide bonds. The molecule has 5 unspecified atom stereocenters. The lowest BCUT2D eigenvalue weighted by molar-refractivity contribution is -0.139. The van der Waals surface area contributed by atoms with Crippen LogP contribution in [0.3, 0.4) is 0 Å². The average molecular weight is 344 g/mol. The maximum Gasteiger partial charge on any atom is 0.246 e. The van der Waals surface area contributed by atoms with Gasteiger partial charge < -0.3 is 10.0 Å². The summed E-state index contributed by atoms with van der Waals surface area (Å²) in [6, 6.07) is 0.376. The van der Waals surface area contributed by atoms with Gasteiger partial charge in [-0.1, -0.05) is 19.9 Å². The molecule has 3 saturated carbocycles. The van der Waals surface area contributed by atoms with E-state index in [2.05, 4.69) is 32.8 Å². The molecule has 0 bridgehead atoms. The molecule has 3 aliphatic carbocycles. The first-order chi connectivity index (χ1) is 11.9. The maximum atomic E-state index is 12.1. The molecular weight excluding hydrogens is 310 g/mol. The Hall–Kier alpha value is -1.27. The highest BCUT2D eigenvalue weighted by Gasteiger charge is 2.60. The summed E-state index contributed by atoms with van der Waals surface area (Å²) in [4.78, 5) is 14.1. The third-order valence-electron chi connectivity index (χ3n) is 8.54. The van der Waals surface area contributed by atoms with Crippen molar-refractivity contribution in [3.05, 3.63) is 12.2 Å². The van der Waals surface area contributed by atoms with E-state index >= 15 is 0 Å². The van der Waals surface area contributed by atoms with Gasteiger partial charge in [-0.25, -0.2) is 0 Å². The molecule has 138 valence electrons. The van der Waals surface area contributed by atoms with Crippen molar-refractivity contribution in [1.29, 1.82) is 0 Å². The first-order valence-electron chi connectivity index (χ1n) is 9.82. The monoisotopic (exact) mass is 343 g/mol. The number of nitrogens with zero attached hydrogens (tertiary/aromatic N) is 1. The summed E-state index contributed by atoms with van der Waals surface area (Å²) in [6.07, 6.45) is 19.5. The predicted molar refractivity (Wildman–Crippen MR) is 101 cm³/mol. The number of carbonyl (C=O) groups is 1. The third kappa shape index (κ3) is 2.48. The second kappa shape index (κ2) is 6.47. The highest BCUT2D eigenvalue weighted by molar-refractivity contribution is 5.89. The van der Waals surface area contributed by atoms with Crippen LogP contribution < -0.4 is 0 Å². The summed E-state index contributed by atoms with van der Waals surface area (Å²) in [7, 11) is 1.99. The van der Waals surface area contributed by atoms with Gasteiger partial charge in [0.2, 0.25) is 5.91 Å². The molecule has 1 heterocycles. The van der Waals surface area contributed by atoms with Gasteiger partial charge in [0.25, 0.3) is 0 Å². The van der Waals surface area contributed by atoms with Crippen LogP contribution in [0, 0.1) is 47.3 Å². The molecule has 3 heteroatoms. The van der Waals surface area contributed by atoms with E-state index in [1.54, 1.807) is 0 Å². The number of hydrogen-bond donors (Lipinski definition) is 1. The van der Waals surface area contributed by atoms with E-state index < -0.39 is 0 Å². The molecule has 3 fully saturated rings. The van der Waals surface area contributed by atoms with Gasteiger partial charge in [-0.05, 0) is 73.7 Å². The Morgan fingerprint density at radius 1 is 1.16 bits per heavy atom. The van der Waals surface area contributed by atoms with Crippen LogP contribution in [0.2, 0.25) is 0 Å². The van der Waals surface area contributed by atoms with Crippen LogP contribution in [0.15, 0.2) is 12.2 Å². The Morgan fingerprint density at radius 3 is 2.56 bits per heavy atom. The lowest BCUT2D eigenvalue weighted by atomic mass is 9.48. The molecule has 1 N–H and O–H groups in total. The van der Waals surface area contributed by atoms with Crippen molar-refractivity contribution >= 4 is 5.91 Å². The van der Waals surface area contributed by atoms with Crippen molar-refractivity contribution in [1.82, 2.24) is 4.90 Å². The second-order valence-electron chi connectivity index (χ2n) is 9.12. The predicted octanol–water partition coefficient (Wildman–Crippen LogP) is 3.48. The number of terminal acetylenes is 1. The van der Waals surface area contributed by atoms with E-state index in [4.69, 9.17) is 0 Å². The smallest absolute Gasteiger partial charge is 0.246 e. The number of amides is 1. The molecule has 7 atom stereocenters. The molecule has 0 aromatic rings. The Labute approximate surface area is 152 Å². The molecule has 3 nitrogen and oxygen atoms in total. The van der Waals surface area contributed by atoms with Crippen molar-refractivity contribution in [2.45, 2.75) is 58.4 Å². The van der Waals surface area contributed by atoms with E-state index in [1.165, 1.54) is 32.1 Å². The lowest BCUT2D eigenvalue weighted by Crippen LogP contribution is -2.59. The zero-order valence-electron chi connectivity index (χ0n) is 15.9. The highest BCUT2D eigenvalue weighted by atomic mass is 16.3. The number of likely N-dealkylation sites (N-methyl/N-ethyl adjacent to an activating group) is 1. The normalized spacial score (nSPS) is 48.0. The Balaban J connectivity index is 0.000000880. The molecule has 0 saturated heterocycles. The minimum atomic E-state index is 0.143. The van der Waals surface area contributed by atoms with Gasteiger partial charge in [-0.15, -0.1) is 12.8 Å². The van der Waals surface area contributed by atoms with Crippen LogP contribution in [0.4, 0.5) is 0 Å². The van der Waals surface area contributed by atoms with E-state index in [1.807, 2.05) is 18.0 Å². The SMILES string of the molecule is C#C.CN1C(=O)C=C[C@]2(C)C3CC[C@]4(C)C(CO)CCC4C3CCC12. The fourth-order valence-corrected chi connectivity index (χ4v) is 7.15. The summed E-state index contributed by atoms with van der Waals surface area (Å²) < 4.78 is 0. The van der Waals surface area contributed by atoms with Crippen LogP contribution in [0.5, 0.6) is 0 Å². The van der Waals surface area contributed by atoms with Crippen molar-refractivity contribution in [2.24, 2.45) is 34.5 Å².